The number of rotatable bonds is 5. The zero-order chi connectivity index (χ0) is 14.7. The molecule has 0 aliphatic carbocycles. The summed E-state index contributed by atoms with van der Waals surface area (Å²) in [4.78, 5) is 23.9. The molecule has 6 nitrogen and oxygen atoms in total. The number of carbonyl (C=O) groups excluding carboxylic acids is 1. The minimum absolute atomic E-state index is 0.0544. The average Bonchev–Trinajstić information content (AvgIpc) is 2.42. The molecule has 0 fully saturated rings. The fourth-order valence-electron chi connectivity index (χ4n) is 2.22. The molecule has 0 saturated carbocycles. The third-order valence-electron chi connectivity index (χ3n) is 3.42. The molecule has 1 aromatic rings. The lowest BCUT2D eigenvalue weighted by atomic mass is 10.0. The van der Waals surface area contributed by atoms with Crippen molar-refractivity contribution < 1.29 is 19.4 Å². The Morgan fingerprint density at radius 3 is 2.95 bits per heavy atom. The first-order chi connectivity index (χ1) is 9.51. The number of likely N-dealkylation sites (N-methyl/N-ethyl adjacent to an activating group) is 2. The molecule has 2 N–H and O–H groups in total. The lowest BCUT2D eigenvalue weighted by Crippen LogP contribution is -2.35. The van der Waals surface area contributed by atoms with E-state index in [0.29, 0.717) is 12.2 Å². The highest BCUT2D eigenvalue weighted by atomic mass is 16.5. The highest BCUT2D eigenvalue weighted by molar-refractivity contribution is 5.97. The number of fused-ring (bicyclic) bond motifs is 1. The van der Waals surface area contributed by atoms with Crippen LogP contribution in [0.2, 0.25) is 0 Å². The van der Waals surface area contributed by atoms with Crippen LogP contribution in [0.5, 0.6) is 5.75 Å². The minimum atomic E-state index is -0.835. The van der Waals surface area contributed by atoms with Gasteiger partial charge in [-0.25, -0.2) is 0 Å². The molecule has 1 atom stereocenters. The number of ether oxygens (including phenoxy) is 1. The minimum Gasteiger partial charge on any atom is -0.482 e. The van der Waals surface area contributed by atoms with E-state index in [9.17, 15) is 9.59 Å². The van der Waals surface area contributed by atoms with Crippen LogP contribution < -0.4 is 15.0 Å². The summed E-state index contributed by atoms with van der Waals surface area (Å²) < 4.78 is 5.36. The summed E-state index contributed by atoms with van der Waals surface area (Å²) >= 11 is 0. The third-order valence-corrected chi connectivity index (χ3v) is 3.42. The lowest BCUT2D eigenvalue weighted by Gasteiger charge is -2.26. The van der Waals surface area contributed by atoms with E-state index in [1.165, 1.54) is 0 Å². The van der Waals surface area contributed by atoms with Crippen LogP contribution in [0.25, 0.3) is 0 Å². The Kier molecular flexibility index (Phi) is 4.24. The monoisotopic (exact) mass is 278 g/mol. The van der Waals surface area contributed by atoms with E-state index in [1.807, 2.05) is 18.2 Å². The van der Waals surface area contributed by atoms with Crippen molar-refractivity contribution in [3.63, 3.8) is 0 Å². The number of carbonyl (C=O) groups is 2. The number of hydrogen-bond acceptors (Lipinski definition) is 4. The van der Waals surface area contributed by atoms with Crippen LogP contribution in [0.15, 0.2) is 18.2 Å². The molecule has 2 rings (SSSR count). The Morgan fingerprint density at radius 1 is 1.55 bits per heavy atom. The first-order valence-corrected chi connectivity index (χ1v) is 6.42. The van der Waals surface area contributed by atoms with Gasteiger partial charge < -0.3 is 20.1 Å². The van der Waals surface area contributed by atoms with Crippen molar-refractivity contribution in [1.29, 1.82) is 0 Å². The Labute approximate surface area is 117 Å². The average molecular weight is 278 g/mol. The first-order valence-electron chi connectivity index (χ1n) is 6.42. The lowest BCUT2D eigenvalue weighted by molar-refractivity contribution is -0.137. The first kappa shape index (κ1) is 14.3. The number of amides is 1. The molecular weight excluding hydrogens is 260 g/mol. The van der Waals surface area contributed by atoms with E-state index in [-0.39, 0.29) is 25.0 Å². The maximum Gasteiger partial charge on any atom is 0.304 e. The normalized spacial score (nSPS) is 15.5. The SMILES string of the molecule is CNC(CC(=O)O)Cc1ccc2c(c1)N(C)C(=O)CO2. The smallest absolute Gasteiger partial charge is 0.304 e. The fraction of sp³-hybridized carbons (Fsp3) is 0.429. The van der Waals surface area contributed by atoms with Crippen LogP contribution in [0.1, 0.15) is 12.0 Å². The van der Waals surface area contributed by atoms with Gasteiger partial charge in [-0.2, -0.15) is 0 Å². The van der Waals surface area contributed by atoms with Gasteiger partial charge in [0.1, 0.15) is 5.75 Å². The van der Waals surface area contributed by atoms with Crippen LogP contribution >= 0.6 is 0 Å². The van der Waals surface area contributed by atoms with Crippen molar-refractivity contribution >= 4 is 17.6 Å². The molecule has 0 radical (unpaired) electrons. The van der Waals surface area contributed by atoms with Crippen molar-refractivity contribution in [2.45, 2.75) is 18.9 Å². The maximum absolute atomic E-state index is 11.6. The van der Waals surface area contributed by atoms with E-state index < -0.39 is 5.97 Å². The molecule has 20 heavy (non-hydrogen) atoms. The fourth-order valence-corrected chi connectivity index (χ4v) is 2.22. The molecule has 1 heterocycles. The van der Waals surface area contributed by atoms with Crippen LogP contribution in [0.4, 0.5) is 5.69 Å². The molecule has 0 aromatic heterocycles. The molecule has 6 heteroatoms. The largest absolute Gasteiger partial charge is 0.482 e. The van der Waals surface area contributed by atoms with E-state index in [1.54, 1.807) is 19.0 Å². The summed E-state index contributed by atoms with van der Waals surface area (Å²) in [7, 11) is 3.45. The number of carboxylic acids is 1. The standard InChI is InChI=1S/C14H18N2O4/c1-15-10(7-14(18)19)5-9-3-4-12-11(6-9)16(2)13(17)8-20-12/h3-4,6,10,15H,5,7-8H2,1-2H3,(H,18,19). The van der Waals surface area contributed by atoms with Gasteiger partial charge in [0.05, 0.1) is 12.1 Å². The second kappa shape index (κ2) is 5.92. The zero-order valence-electron chi connectivity index (χ0n) is 11.5. The topological polar surface area (TPSA) is 78.9 Å². The molecule has 1 aliphatic heterocycles. The quantitative estimate of drug-likeness (QED) is 0.826. The van der Waals surface area contributed by atoms with Gasteiger partial charge in [0.25, 0.3) is 5.91 Å². The van der Waals surface area contributed by atoms with Crippen molar-refractivity contribution in [2.24, 2.45) is 0 Å². The van der Waals surface area contributed by atoms with Gasteiger partial charge in [0.2, 0.25) is 0 Å². The summed E-state index contributed by atoms with van der Waals surface area (Å²) in [5.74, 6) is -0.251. The molecule has 0 bridgehead atoms. The molecule has 0 spiro atoms. The van der Waals surface area contributed by atoms with Crippen molar-refractivity contribution in [3.05, 3.63) is 23.8 Å². The van der Waals surface area contributed by atoms with Gasteiger partial charge in [-0.15, -0.1) is 0 Å². The summed E-state index contributed by atoms with van der Waals surface area (Å²) in [5, 5.41) is 11.8. The molecule has 1 aliphatic rings. The van der Waals surface area contributed by atoms with Gasteiger partial charge in [0, 0.05) is 13.1 Å². The summed E-state index contributed by atoms with van der Waals surface area (Å²) in [6.45, 7) is 0.0565. The molecule has 1 unspecified atom stereocenters. The van der Waals surface area contributed by atoms with Crippen molar-refractivity contribution in [2.75, 3.05) is 25.6 Å². The number of anilines is 1. The van der Waals surface area contributed by atoms with Crippen molar-refractivity contribution in [3.8, 4) is 5.75 Å². The van der Waals surface area contributed by atoms with E-state index in [4.69, 9.17) is 9.84 Å². The molecule has 1 amide bonds. The van der Waals surface area contributed by atoms with Crippen LogP contribution in [-0.4, -0.2) is 43.7 Å². The van der Waals surface area contributed by atoms with Crippen molar-refractivity contribution in [1.82, 2.24) is 5.32 Å². The molecule has 0 saturated heterocycles. The molecular formula is C14H18N2O4. The summed E-state index contributed by atoms with van der Waals surface area (Å²) in [5.41, 5.74) is 1.69. The zero-order valence-corrected chi connectivity index (χ0v) is 11.5. The number of nitrogens with zero attached hydrogens (tertiary/aromatic N) is 1. The van der Waals surface area contributed by atoms with Gasteiger partial charge in [0.15, 0.2) is 6.61 Å². The Hall–Kier alpha value is -2.08. The highest BCUT2D eigenvalue weighted by Crippen LogP contribution is 2.32. The third kappa shape index (κ3) is 3.08. The van der Waals surface area contributed by atoms with Gasteiger partial charge >= 0.3 is 5.97 Å². The molecule has 1 aromatic carbocycles. The van der Waals surface area contributed by atoms with Gasteiger partial charge in [-0.05, 0) is 31.2 Å². The van der Waals surface area contributed by atoms with Gasteiger partial charge in [-0.1, -0.05) is 6.07 Å². The second-order valence-corrected chi connectivity index (χ2v) is 4.83. The summed E-state index contributed by atoms with van der Waals surface area (Å²) in [6.07, 6.45) is 0.636. The Bertz CT molecular complexity index is 530. The Morgan fingerprint density at radius 2 is 2.30 bits per heavy atom. The predicted octanol–water partition coefficient (Wildman–Crippen LogP) is 0.647. The van der Waals surface area contributed by atoms with E-state index >= 15 is 0 Å². The van der Waals surface area contributed by atoms with Crippen LogP contribution in [-0.2, 0) is 16.0 Å². The predicted molar refractivity (Wildman–Crippen MR) is 74.2 cm³/mol. The number of aliphatic carboxylic acids is 1. The van der Waals surface area contributed by atoms with E-state index in [2.05, 4.69) is 5.32 Å². The maximum atomic E-state index is 11.6. The Balaban J connectivity index is 2.18. The van der Waals surface area contributed by atoms with E-state index in [0.717, 1.165) is 11.3 Å². The number of hydrogen-bond donors (Lipinski definition) is 2. The number of carboxylic acid groups (broad SMARTS) is 1. The van der Waals surface area contributed by atoms with Gasteiger partial charge in [-0.3, -0.25) is 9.59 Å². The number of benzene rings is 1. The summed E-state index contributed by atoms with van der Waals surface area (Å²) in [6, 6.07) is 5.45. The highest BCUT2D eigenvalue weighted by Gasteiger charge is 2.22. The molecule has 108 valence electrons. The number of nitrogens with one attached hydrogen (secondary N) is 1. The van der Waals surface area contributed by atoms with Crippen LogP contribution in [0.3, 0.4) is 0 Å². The van der Waals surface area contributed by atoms with Crippen LogP contribution in [0, 0.1) is 0 Å². The second-order valence-electron chi connectivity index (χ2n) is 4.83.